The third kappa shape index (κ3) is 7.17. The first-order valence-electron chi connectivity index (χ1n) is 2.88. The Balaban J connectivity index is 3.04. The van der Waals surface area contributed by atoms with Crippen molar-refractivity contribution in [2.24, 2.45) is 4.99 Å². The highest BCUT2D eigenvalue weighted by Crippen LogP contribution is 1.60. The molecule has 0 saturated carbocycles. The fourth-order valence-corrected chi connectivity index (χ4v) is 0.362. The lowest BCUT2D eigenvalue weighted by atomic mass is 10.6. The summed E-state index contributed by atoms with van der Waals surface area (Å²) in [5.41, 5.74) is 0. The third-order valence-corrected chi connectivity index (χ3v) is 0.740. The normalized spacial score (nSPS) is 11.3. The zero-order valence-corrected chi connectivity index (χ0v) is 5.89. The molecule has 0 aromatic carbocycles. The predicted octanol–water partition coefficient (Wildman–Crippen LogP) is -0.0328. The van der Waals surface area contributed by atoms with E-state index in [2.05, 4.69) is 15.6 Å². The highest BCUT2D eigenvalue weighted by atomic mass is 14.9. The van der Waals surface area contributed by atoms with E-state index in [-0.39, 0.29) is 0 Å². The molecule has 0 aliphatic carbocycles. The molecule has 0 aromatic rings. The van der Waals surface area contributed by atoms with Crippen molar-refractivity contribution >= 4 is 6.34 Å². The molecule has 3 nitrogen and oxygen atoms in total. The molecule has 0 aromatic heterocycles. The molecule has 0 unspecified atom stereocenters. The first-order valence-corrected chi connectivity index (χ1v) is 2.88. The minimum Gasteiger partial charge on any atom is -0.353 e. The van der Waals surface area contributed by atoms with Crippen LogP contribution >= 0.6 is 0 Å². The lowest BCUT2D eigenvalue weighted by Gasteiger charge is -1.87. The maximum absolute atomic E-state index is 3.73. The smallest absolute Gasteiger partial charge is 0.0859 e. The van der Waals surface area contributed by atoms with E-state index in [9.17, 15) is 0 Å². The van der Waals surface area contributed by atoms with Gasteiger partial charge in [0.1, 0.15) is 0 Å². The van der Waals surface area contributed by atoms with Gasteiger partial charge in [0, 0.05) is 13.6 Å². The number of hydrogen-bond acceptors (Lipinski definition) is 2. The van der Waals surface area contributed by atoms with E-state index in [1.165, 1.54) is 0 Å². The molecule has 2 N–H and O–H groups in total. The van der Waals surface area contributed by atoms with E-state index in [4.69, 9.17) is 0 Å². The largest absolute Gasteiger partial charge is 0.353 e. The van der Waals surface area contributed by atoms with Crippen LogP contribution in [0.2, 0.25) is 0 Å². The van der Waals surface area contributed by atoms with E-state index >= 15 is 0 Å². The van der Waals surface area contributed by atoms with E-state index in [0.717, 1.165) is 6.54 Å². The van der Waals surface area contributed by atoms with Gasteiger partial charge in [-0.05, 0) is 13.2 Å². The minimum absolute atomic E-state index is 0.880. The Bertz CT molecular complexity index is 96.5. The fraction of sp³-hybridized carbons (Fsp3) is 0.500. The first kappa shape index (κ1) is 8.17. The molecular formula is C6H13N3. The number of aliphatic imine (C=N–C) groups is 1. The van der Waals surface area contributed by atoms with Gasteiger partial charge in [0.15, 0.2) is 0 Å². The molecule has 0 spiro atoms. The molecule has 0 fully saturated rings. The molecule has 0 rings (SSSR count). The van der Waals surface area contributed by atoms with Crippen LogP contribution in [-0.4, -0.2) is 27.0 Å². The molecule has 0 saturated heterocycles. The van der Waals surface area contributed by atoms with E-state index < -0.39 is 0 Å². The Morgan fingerprint density at radius 3 is 2.89 bits per heavy atom. The molecule has 0 radical (unpaired) electrons. The maximum atomic E-state index is 3.73. The van der Waals surface area contributed by atoms with Crippen molar-refractivity contribution < 1.29 is 0 Å². The van der Waals surface area contributed by atoms with Gasteiger partial charge >= 0.3 is 0 Å². The number of likely N-dealkylation sites (N-methyl/N-ethyl adjacent to an activating group) is 1. The van der Waals surface area contributed by atoms with Crippen LogP contribution in [0.15, 0.2) is 17.3 Å². The van der Waals surface area contributed by atoms with Gasteiger partial charge in [-0.2, -0.15) is 0 Å². The summed E-state index contributed by atoms with van der Waals surface area (Å²) < 4.78 is 0. The van der Waals surface area contributed by atoms with Gasteiger partial charge in [-0.3, -0.25) is 4.99 Å². The summed E-state index contributed by atoms with van der Waals surface area (Å²) in [4.78, 5) is 3.73. The van der Waals surface area contributed by atoms with Crippen LogP contribution in [0.5, 0.6) is 0 Å². The van der Waals surface area contributed by atoms with Crippen LogP contribution in [-0.2, 0) is 0 Å². The van der Waals surface area contributed by atoms with Crippen LogP contribution < -0.4 is 10.6 Å². The predicted molar refractivity (Wildman–Crippen MR) is 40.6 cm³/mol. The van der Waals surface area contributed by atoms with Crippen LogP contribution in [0.3, 0.4) is 0 Å². The van der Waals surface area contributed by atoms with Crippen molar-refractivity contribution in [2.75, 3.05) is 20.6 Å². The summed E-state index contributed by atoms with van der Waals surface area (Å²) in [6, 6.07) is 0. The third-order valence-electron chi connectivity index (χ3n) is 0.740. The van der Waals surface area contributed by atoms with Crippen LogP contribution in [0.25, 0.3) is 0 Å². The lowest BCUT2D eigenvalue weighted by molar-refractivity contribution is 0.915. The van der Waals surface area contributed by atoms with Crippen LogP contribution in [0.4, 0.5) is 0 Å². The Kier molecular flexibility index (Phi) is 6.51. The number of nitrogens with zero attached hydrogens (tertiary/aromatic N) is 1. The van der Waals surface area contributed by atoms with Crippen LogP contribution in [0, 0.1) is 0 Å². The van der Waals surface area contributed by atoms with E-state index in [1.54, 1.807) is 13.4 Å². The SMILES string of the molecule is CN=CN/C=C\CNC. The molecule has 0 aliphatic heterocycles. The Labute approximate surface area is 55.9 Å². The standard InChI is InChI=1S/C6H13N3/c1-7-4-3-5-9-6-8-2/h3,5-7H,4H2,1-2H3,(H,8,9)/b5-3-. The molecule has 0 bridgehead atoms. The Morgan fingerprint density at radius 2 is 2.33 bits per heavy atom. The summed E-state index contributed by atoms with van der Waals surface area (Å²) in [6.07, 6.45) is 5.44. The van der Waals surface area contributed by atoms with Crippen molar-refractivity contribution in [2.45, 2.75) is 0 Å². The Hall–Kier alpha value is -0.830. The molecule has 0 amide bonds. The van der Waals surface area contributed by atoms with Gasteiger partial charge in [-0.25, -0.2) is 0 Å². The number of nitrogens with one attached hydrogen (secondary N) is 2. The molecule has 9 heavy (non-hydrogen) atoms. The lowest BCUT2D eigenvalue weighted by Crippen LogP contribution is -2.06. The van der Waals surface area contributed by atoms with Gasteiger partial charge in [-0.15, -0.1) is 0 Å². The van der Waals surface area contributed by atoms with Crippen molar-refractivity contribution in [3.8, 4) is 0 Å². The average molecular weight is 127 g/mol. The average Bonchev–Trinajstić information content (AvgIpc) is 1.89. The summed E-state index contributed by atoms with van der Waals surface area (Å²) >= 11 is 0. The first-order chi connectivity index (χ1) is 4.41. The molecule has 0 atom stereocenters. The fourth-order valence-electron chi connectivity index (χ4n) is 0.362. The molecular weight excluding hydrogens is 114 g/mol. The molecule has 3 heteroatoms. The van der Waals surface area contributed by atoms with Gasteiger partial charge in [0.05, 0.1) is 6.34 Å². The highest BCUT2D eigenvalue weighted by molar-refractivity contribution is 5.55. The molecule has 0 aliphatic rings. The van der Waals surface area contributed by atoms with Crippen molar-refractivity contribution in [3.05, 3.63) is 12.3 Å². The van der Waals surface area contributed by atoms with Gasteiger partial charge in [0.25, 0.3) is 0 Å². The molecule has 52 valence electrons. The second-order valence-corrected chi connectivity index (χ2v) is 1.51. The highest BCUT2D eigenvalue weighted by Gasteiger charge is 1.66. The van der Waals surface area contributed by atoms with E-state index in [0.29, 0.717) is 0 Å². The zero-order chi connectivity index (χ0) is 6.95. The summed E-state index contributed by atoms with van der Waals surface area (Å²) in [7, 11) is 3.62. The zero-order valence-electron chi connectivity index (χ0n) is 5.89. The van der Waals surface area contributed by atoms with Gasteiger partial charge < -0.3 is 10.6 Å². The second-order valence-electron chi connectivity index (χ2n) is 1.51. The number of rotatable bonds is 4. The summed E-state index contributed by atoms with van der Waals surface area (Å²) in [6.45, 7) is 0.880. The number of hydrogen-bond donors (Lipinski definition) is 2. The van der Waals surface area contributed by atoms with Gasteiger partial charge in [-0.1, -0.05) is 6.08 Å². The summed E-state index contributed by atoms with van der Waals surface area (Å²) in [5.74, 6) is 0. The van der Waals surface area contributed by atoms with Crippen molar-refractivity contribution in [3.63, 3.8) is 0 Å². The van der Waals surface area contributed by atoms with Crippen molar-refractivity contribution in [1.29, 1.82) is 0 Å². The quantitative estimate of drug-likeness (QED) is 0.411. The molecule has 0 heterocycles. The maximum Gasteiger partial charge on any atom is 0.0859 e. The Morgan fingerprint density at radius 1 is 1.56 bits per heavy atom. The van der Waals surface area contributed by atoms with Crippen LogP contribution in [0.1, 0.15) is 0 Å². The van der Waals surface area contributed by atoms with Crippen molar-refractivity contribution in [1.82, 2.24) is 10.6 Å². The van der Waals surface area contributed by atoms with Gasteiger partial charge in [0.2, 0.25) is 0 Å². The van der Waals surface area contributed by atoms with E-state index in [1.807, 2.05) is 19.3 Å². The monoisotopic (exact) mass is 127 g/mol. The second kappa shape index (κ2) is 7.17. The summed E-state index contributed by atoms with van der Waals surface area (Å²) in [5, 5.41) is 5.83. The minimum atomic E-state index is 0.880. The topological polar surface area (TPSA) is 36.4 Å².